The van der Waals surface area contributed by atoms with Crippen molar-refractivity contribution in [3.63, 3.8) is 0 Å². The molecule has 14 heteroatoms. The van der Waals surface area contributed by atoms with Crippen molar-refractivity contribution in [2.24, 2.45) is 0 Å². The van der Waals surface area contributed by atoms with Crippen molar-refractivity contribution in [3.05, 3.63) is 66.3 Å². The van der Waals surface area contributed by atoms with Crippen molar-refractivity contribution < 1.29 is 36.2 Å². The molecule has 2 aromatic heterocycles. The maximum absolute atomic E-state index is 14.3. The van der Waals surface area contributed by atoms with E-state index in [0.717, 1.165) is 55.3 Å². The first-order valence-corrected chi connectivity index (χ1v) is 16.6. The number of aromatic nitrogens is 3. The fraction of sp³-hybridized carbons (Fsp3) is 0.394. The zero-order chi connectivity index (χ0) is 34.2. The van der Waals surface area contributed by atoms with Gasteiger partial charge in [-0.05, 0) is 76.4 Å². The Bertz CT molecular complexity index is 1830. The first kappa shape index (κ1) is 35.3. The van der Waals surface area contributed by atoms with Gasteiger partial charge in [0.25, 0.3) is 10.0 Å². The summed E-state index contributed by atoms with van der Waals surface area (Å²) < 4.78 is 72.8. The van der Waals surface area contributed by atoms with Crippen molar-refractivity contribution in [2.75, 3.05) is 25.0 Å². The van der Waals surface area contributed by atoms with Crippen LogP contribution < -0.4 is 19.5 Å². The van der Waals surface area contributed by atoms with E-state index in [0.29, 0.717) is 41.6 Å². The first-order valence-electron chi connectivity index (χ1n) is 15.1. The van der Waals surface area contributed by atoms with Crippen molar-refractivity contribution in [1.82, 2.24) is 20.3 Å². The number of methoxy groups -OCH3 is 1. The third-order valence-electron chi connectivity index (χ3n) is 6.96. The fourth-order valence-corrected chi connectivity index (χ4v) is 5.83. The molecule has 0 spiro atoms. The molecule has 0 saturated heterocycles. The smallest absolute Gasteiger partial charge is 0.407 e. The fourth-order valence-electron chi connectivity index (χ4n) is 4.72. The van der Waals surface area contributed by atoms with E-state index >= 15 is 0 Å². The highest BCUT2D eigenvalue weighted by Crippen LogP contribution is 2.36. The predicted molar refractivity (Wildman–Crippen MR) is 174 cm³/mol. The molecular formula is C33H39F2N5O6S. The quantitative estimate of drug-likeness (QED) is 0.136. The molecule has 0 aliphatic heterocycles. The molecule has 0 aliphatic rings. The second-order valence-corrected chi connectivity index (χ2v) is 13.5. The summed E-state index contributed by atoms with van der Waals surface area (Å²) in [6.45, 7) is 8.30. The number of hydrogen-bond acceptors (Lipinski definition) is 9. The Morgan fingerprint density at radius 1 is 0.936 bits per heavy atom. The third-order valence-corrected chi connectivity index (χ3v) is 8.35. The summed E-state index contributed by atoms with van der Waals surface area (Å²) >= 11 is 0. The molecule has 0 aliphatic carbocycles. The molecule has 1 amide bonds. The maximum Gasteiger partial charge on any atom is 0.407 e. The van der Waals surface area contributed by atoms with Gasteiger partial charge < -0.3 is 19.5 Å². The lowest BCUT2D eigenvalue weighted by Crippen LogP contribution is -2.32. The van der Waals surface area contributed by atoms with Crippen LogP contribution >= 0.6 is 0 Å². The number of nitrogens with one attached hydrogen (secondary N) is 2. The van der Waals surface area contributed by atoms with E-state index in [1.165, 1.54) is 25.7 Å². The number of fused-ring (bicyclic) bond motifs is 1. The van der Waals surface area contributed by atoms with Crippen LogP contribution in [0.2, 0.25) is 0 Å². The Balaban J connectivity index is 1.45. The average molecular weight is 672 g/mol. The molecule has 252 valence electrons. The number of anilines is 1. The zero-order valence-corrected chi connectivity index (χ0v) is 27.8. The summed E-state index contributed by atoms with van der Waals surface area (Å²) in [5, 5.41) is 3.50. The molecule has 0 atom stereocenters. The van der Waals surface area contributed by atoms with Crippen LogP contribution in [0.4, 0.5) is 19.3 Å². The minimum atomic E-state index is -4.46. The number of ether oxygens (including phenoxy) is 3. The topological polar surface area (TPSA) is 142 Å². The van der Waals surface area contributed by atoms with Gasteiger partial charge >= 0.3 is 6.09 Å². The molecule has 11 nitrogen and oxygen atoms in total. The van der Waals surface area contributed by atoms with Crippen LogP contribution in [0.3, 0.4) is 0 Å². The SMILES string of the molecule is COc1ncc(-c2cc(OCCCCCCCNC(=O)OC(C)(C)C)c3ncnc(C)c3c2)cc1NS(=O)(=O)c1ccc(F)cc1F. The molecule has 4 rings (SSSR count). The second-order valence-electron chi connectivity index (χ2n) is 11.8. The Labute approximate surface area is 273 Å². The maximum atomic E-state index is 14.3. The number of aryl methyl sites for hydroxylation is 1. The largest absolute Gasteiger partial charge is 0.491 e. The van der Waals surface area contributed by atoms with Gasteiger partial charge in [-0.3, -0.25) is 4.72 Å². The molecule has 0 radical (unpaired) electrons. The summed E-state index contributed by atoms with van der Waals surface area (Å²) in [6, 6.07) is 7.34. The van der Waals surface area contributed by atoms with Crippen LogP contribution in [0, 0.1) is 18.6 Å². The summed E-state index contributed by atoms with van der Waals surface area (Å²) in [7, 11) is -3.14. The third kappa shape index (κ3) is 9.70. The van der Waals surface area contributed by atoms with Crippen molar-refractivity contribution in [1.29, 1.82) is 0 Å². The van der Waals surface area contributed by atoms with Crippen LogP contribution in [0.5, 0.6) is 11.6 Å². The molecule has 0 fully saturated rings. The Hall–Kier alpha value is -4.59. The van der Waals surface area contributed by atoms with E-state index in [-0.39, 0.29) is 11.6 Å². The highest BCUT2D eigenvalue weighted by Gasteiger charge is 2.23. The van der Waals surface area contributed by atoms with Crippen molar-refractivity contribution >= 4 is 32.7 Å². The van der Waals surface area contributed by atoms with Gasteiger partial charge in [-0.25, -0.2) is 36.9 Å². The minimum Gasteiger partial charge on any atom is -0.491 e. The molecule has 2 heterocycles. The van der Waals surface area contributed by atoms with E-state index < -0.39 is 38.2 Å². The number of alkyl carbamates (subject to hydrolysis) is 1. The van der Waals surface area contributed by atoms with Crippen molar-refractivity contribution in [3.8, 4) is 22.8 Å². The van der Waals surface area contributed by atoms with Gasteiger partial charge in [0.2, 0.25) is 5.88 Å². The van der Waals surface area contributed by atoms with Gasteiger partial charge in [0.15, 0.2) is 0 Å². The molecule has 2 aromatic carbocycles. The molecule has 0 saturated carbocycles. The number of pyridine rings is 1. The number of benzene rings is 2. The Morgan fingerprint density at radius 2 is 1.68 bits per heavy atom. The second kappa shape index (κ2) is 15.3. The number of rotatable bonds is 14. The number of sulfonamides is 1. The van der Waals surface area contributed by atoms with E-state index in [4.69, 9.17) is 14.2 Å². The lowest BCUT2D eigenvalue weighted by Gasteiger charge is -2.19. The molecule has 47 heavy (non-hydrogen) atoms. The number of unbranched alkanes of at least 4 members (excludes halogenated alkanes) is 4. The summed E-state index contributed by atoms with van der Waals surface area (Å²) in [5.41, 5.74) is 1.94. The van der Waals surface area contributed by atoms with Gasteiger partial charge in [0.05, 0.1) is 13.7 Å². The normalized spacial score (nSPS) is 11.7. The Kier molecular flexibility index (Phi) is 11.5. The van der Waals surface area contributed by atoms with Crippen molar-refractivity contribution in [2.45, 2.75) is 70.3 Å². The minimum absolute atomic E-state index is 0.0429. The standard InChI is InChI=1S/C33H39F2N5O6S/c1-21-25-15-22(23-16-27(31(44-5)37-19-23)40-47(42,43)29-12-11-24(34)18-26(29)35)17-28(30(25)39-20-38-21)45-14-10-8-6-7-9-13-36-32(41)46-33(2,3)4/h11-12,15-20,40H,6-10,13-14H2,1-5H3,(H,36,41). The molecule has 4 aromatic rings. The Morgan fingerprint density at radius 3 is 2.40 bits per heavy atom. The number of halogens is 2. The summed E-state index contributed by atoms with van der Waals surface area (Å²) in [6.07, 6.45) is 7.05. The van der Waals surface area contributed by atoms with Gasteiger partial charge in [-0.2, -0.15) is 0 Å². The summed E-state index contributed by atoms with van der Waals surface area (Å²) in [4.78, 5) is 24.0. The van der Waals surface area contributed by atoms with Crippen LogP contribution in [-0.2, 0) is 14.8 Å². The first-order chi connectivity index (χ1) is 22.3. The molecule has 0 unspecified atom stereocenters. The number of hydrogen-bond donors (Lipinski definition) is 2. The molecular weight excluding hydrogens is 632 g/mol. The highest BCUT2D eigenvalue weighted by molar-refractivity contribution is 7.92. The van der Waals surface area contributed by atoms with Crippen LogP contribution in [-0.4, -0.2) is 55.3 Å². The average Bonchev–Trinajstić information content (AvgIpc) is 2.99. The van der Waals surface area contributed by atoms with Gasteiger partial charge in [-0.15, -0.1) is 0 Å². The number of carbonyl (C=O) groups excluding carboxylic acids is 1. The number of amides is 1. The van der Waals surface area contributed by atoms with E-state index in [9.17, 15) is 22.0 Å². The molecule has 0 bridgehead atoms. The number of carbonyl (C=O) groups is 1. The molecule has 2 N–H and O–H groups in total. The summed E-state index contributed by atoms with van der Waals surface area (Å²) in [5.74, 6) is -1.66. The monoisotopic (exact) mass is 671 g/mol. The van der Waals surface area contributed by atoms with Crippen LogP contribution in [0.25, 0.3) is 22.0 Å². The lowest BCUT2D eigenvalue weighted by atomic mass is 10.0. The van der Waals surface area contributed by atoms with Crippen LogP contribution in [0.1, 0.15) is 58.6 Å². The van der Waals surface area contributed by atoms with Gasteiger partial charge in [0, 0.05) is 35.5 Å². The van der Waals surface area contributed by atoms with E-state index in [1.807, 2.05) is 33.8 Å². The number of nitrogens with zero attached hydrogens (tertiary/aromatic N) is 3. The highest BCUT2D eigenvalue weighted by atomic mass is 32.2. The lowest BCUT2D eigenvalue weighted by molar-refractivity contribution is 0.0527. The predicted octanol–water partition coefficient (Wildman–Crippen LogP) is 6.94. The van der Waals surface area contributed by atoms with Gasteiger partial charge in [0.1, 0.15) is 45.4 Å². The zero-order valence-electron chi connectivity index (χ0n) is 27.0. The van der Waals surface area contributed by atoms with E-state index in [2.05, 4.69) is 25.0 Å². The van der Waals surface area contributed by atoms with E-state index in [1.54, 1.807) is 6.07 Å². The van der Waals surface area contributed by atoms with Crippen LogP contribution in [0.15, 0.2) is 53.8 Å². The van der Waals surface area contributed by atoms with Gasteiger partial charge in [-0.1, -0.05) is 19.3 Å².